The third-order valence-corrected chi connectivity index (χ3v) is 4.96. The maximum atomic E-state index is 12.5. The molecule has 3 N–H and O–H groups in total. The van der Waals surface area contributed by atoms with Crippen LogP contribution in [-0.4, -0.2) is 40.5 Å². The van der Waals surface area contributed by atoms with E-state index < -0.39 is 6.09 Å². The molecule has 2 aromatic heterocycles. The number of hydrogen-bond acceptors (Lipinski definition) is 7. The highest BCUT2D eigenvalue weighted by atomic mass is 32.1. The van der Waals surface area contributed by atoms with Crippen molar-refractivity contribution in [1.82, 2.24) is 20.6 Å². The fourth-order valence-electron chi connectivity index (χ4n) is 2.68. The zero-order valence-electron chi connectivity index (χ0n) is 17.4. The number of rotatable bonds is 7. The summed E-state index contributed by atoms with van der Waals surface area (Å²) >= 11 is 1.31. The predicted octanol–water partition coefficient (Wildman–Crippen LogP) is 3.33. The Morgan fingerprint density at radius 1 is 1.06 bits per heavy atom. The minimum absolute atomic E-state index is 0.0264. The maximum Gasteiger partial charge on any atom is 0.413 e. The van der Waals surface area contributed by atoms with Crippen molar-refractivity contribution in [3.05, 3.63) is 53.3 Å². The number of nitrogens with zero attached hydrogens (tertiary/aromatic N) is 2. The molecule has 3 amide bonds. The number of ether oxygens (including phenoxy) is 1. The number of fused-ring (bicyclic) bond motifs is 1. The van der Waals surface area contributed by atoms with E-state index in [1.807, 2.05) is 32.0 Å². The van der Waals surface area contributed by atoms with Gasteiger partial charge >= 0.3 is 6.09 Å². The molecule has 9 nitrogen and oxygen atoms in total. The first kappa shape index (κ1) is 22.2. The molecule has 0 atom stereocenters. The van der Waals surface area contributed by atoms with Gasteiger partial charge in [-0.25, -0.2) is 14.8 Å². The van der Waals surface area contributed by atoms with Crippen LogP contribution in [0.2, 0.25) is 0 Å². The molecule has 0 fully saturated rings. The highest BCUT2D eigenvalue weighted by Gasteiger charge is 2.13. The highest BCUT2D eigenvalue weighted by Crippen LogP contribution is 2.27. The minimum Gasteiger partial charge on any atom is -0.450 e. The van der Waals surface area contributed by atoms with Crippen molar-refractivity contribution in [3.63, 3.8) is 0 Å². The Kier molecular flexibility index (Phi) is 7.14. The van der Waals surface area contributed by atoms with E-state index in [9.17, 15) is 14.4 Å². The molecule has 0 aliphatic carbocycles. The molecule has 10 heteroatoms. The lowest BCUT2D eigenvalue weighted by molar-refractivity contribution is 0.0936. The van der Waals surface area contributed by atoms with Crippen molar-refractivity contribution < 1.29 is 19.1 Å². The maximum absolute atomic E-state index is 12.5. The summed E-state index contributed by atoms with van der Waals surface area (Å²) in [7, 11) is 0. The Balaban J connectivity index is 1.64. The summed E-state index contributed by atoms with van der Waals surface area (Å²) in [6.45, 7) is 5.98. The van der Waals surface area contributed by atoms with Gasteiger partial charge < -0.3 is 15.4 Å². The Labute approximate surface area is 183 Å². The Morgan fingerprint density at radius 2 is 1.81 bits per heavy atom. The topological polar surface area (TPSA) is 122 Å². The Morgan fingerprint density at radius 3 is 2.52 bits per heavy atom. The van der Waals surface area contributed by atoms with Gasteiger partial charge in [0.15, 0.2) is 5.13 Å². The predicted molar refractivity (Wildman–Crippen MR) is 118 cm³/mol. The van der Waals surface area contributed by atoms with Crippen LogP contribution in [0.15, 0.2) is 36.4 Å². The van der Waals surface area contributed by atoms with E-state index in [2.05, 4.69) is 25.9 Å². The number of carbonyl (C=O) groups is 3. The van der Waals surface area contributed by atoms with Crippen LogP contribution in [0.3, 0.4) is 0 Å². The SMILES string of the molecule is CCOC(=O)Nc1nc2ccc(CNC(=O)c3cccc(C(=O)NC(C)C)n3)cc2s1. The molecule has 162 valence electrons. The minimum atomic E-state index is -0.550. The quantitative estimate of drug-likeness (QED) is 0.517. The summed E-state index contributed by atoms with van der Waals surface area (Å²) in [6.07, 6.45) is -0.550. The van der Waals surface area contributed by atoms with Gasteiger partial charge in [-0.2, -0.15) is 0 Å². The summed E-state index contributed by atoms with van der Waals surface area (Å²) in [6, 6.07) is 10.3. The van der Waals surface area contributed by atoms with E-state index in [-0.39, 0.29) is 42.4 Å². The average molecular weight is 442 g/mol. The van der Waals surface area contributed by atoms with Crippen LogP contribution in [0.1, 0.15) is 47.3 Å². The third kappa shape index (κ3) is 5.98. The van der Waals surface area contributed by atoms with Crippen LogP contribution in [0.4, 0.5) is 9.93 Å². The van der Waals surface area contributed by atoms with Crippen molar-refractivity contribution in [1.29, 1.82) is 0 Å². The number of amides is 3. The molecule has 2 heterocycles. The second kappa shape index (κ2) is 9.98. The first-order valence-electron chi connectivity index (χ1n) is 9.75. The van der Waals surface area contributed by atoms with Crippen LogP contribution < -0.4 is 16.0 Å². The van der Waals surface area contributed by atoms with E-state index in [0.717, 1.165) is 15.8 Å². The molecule has 1 aromatic carbocycles. The van der Waals surface area contributed by atoms with Gasteiger partial charge in [0.2, 0.25) is 0 Å². The second-order valence-corrected chi connectivity index (χ2v) is 7.92. The molecule has 0 saturated carbocycles. The van der Waals surface area contributed by atoms with Crippen molar-refractivity contribution in [3.8, 4) is 0 Å². The van der Waals surface area contributed by atoms with Gasteiger partial charge in [0.25, 0.3) is 11.8 Å². The number of hydrogen-bond donors (Lipinski definition) is 3. The molecule has 3 rings (SSSR count). The van der Waals surface area contributed by atoms with Gasteiger partial charge in [-0.3, -0.25) is 14.9 Å². The first-order chi connectivity index (χ1) is 14.9. The van der Waals surface area contributed by atoms with E-state index in [1.165, 1.54) is 11.3 Å². The number of carbonyl (C=O) groups excluding carboxylic acids is 3. The standard InChI is InChI=1S/C21H23N5O4S/c1-4-30-21(29)26-20-25-14-9-8-13(10-17(14)31-20)11-22-18(27)15-6-5-7-16(24-15)19(28)23-12(2)3/h5-10,12H,4,11H2,1-3H3,(H,22,27)(H,23,28)(H,25,26,29). The molecule has 0 unspecified atom stereocenters. The van der Waals surface area contributed by atoms with Crippen LogP contribution in [0.5, 0.6) is 0 Å². The molecule has 3 aromatic rings. The molecular formula is C21H23N5O4S. The summed E-state index contributed by atoms with van der Waals surface area (Å²) in [5.41, 5.74) is 1.95. The van der Waals surface area contributed by atoms with Crippen molar-refractivity contribution in [2.24, 2.45) is 0 Å². The van der Waals surface area contributed by atoms with Crippen LogP contribution in [0.25, 0.3) is 10.2 Å². The Hall–Kier alpha value is -3.53. The van der Waals surface area contributed by atoms with E-state index >= 15 is 0 Å². The second-order valence-electron chi connectivity index (χ2n) is 6.89. The van der Waals surface area contributed by atoms with E-state index in [1.54, 1.807) is 25.1 Å². The Bertz CT molecular complexity index is 1110. The van der Waals surface area contributed by atoms with Crippen molar-refractivity contribution in [2.75, 3.05) is 11.9 Å². The third-order valence-electron chi connectivity index (χ3n) is 4.02. The van der Waals surface area contributed by atoms with E-state index in [4.69, 9.17) is 4.74 Å². The lowest BCUT2D eigenvalue weighted by atomic mass is 10.2. The number of anilines is 1. The molecular weight excluding hydrogens is 418 g/mol. The van der Waals surface area contributed by atoms with Gasteiger partial charge in [0, 0.05) is 12.6 Å². The fraction of sp³-hybridized carbons (Fsp3) is 0.286. The zero-order valence-corrected chi connectivity index (χ0v) is 18.2. The van der Waals surface area contributed by atoms with Gasteiger partial charge in [-0.05, 0) is 50.6 Å². The van der Waals surface area contributed by atoms with Crippen molar-refractivity contribution in [2.45, 2.75) is 33.4 Å². The smallest absolute Gasteiger partial charge is 0.413 e. The molecule has 0 bridgehead atoms. The monoisotopic (exact) mass is 441 g/mol. The summed E-state index contributed by atoms with van der Waals surface area (Å²) in [5, 5.41) is 8.58. The first-order valence-corrected chi connectivity index (χ1v) is 10.6. The van der Waals surface area contributed by atoms with Crippen LogP contribution in [0, 0.1) is 0 Å². The molecule has 31 heavy (non-hydrogen) atoms. The summed E-state index contributed by atoms with van der Waals surface area (Å²) in [4.78, 5) is 44.6. The van der Waals surface area contributed by atoms with Gasteiger partial charge in [0.05, 0.1) is 16.8 Å². The molecule has 0 aliphatic heterocycles. The fourth-order valence-corrected chi connectivity index (χ4v) is 3.60. The van der Waals surface area contributed by atoms with E-state index in [0.29, 0.717) is 5.13 Å². The number of thiazole rings is 1. The summed E-state index contributed by atoms with van der Waals surface area (Å²) < 4.78 is 5.72. The van der Waals surface area contributed by atoms with Crippen molar-refractivity contribution >= 4 is 44.6 Å². The van der Waals surface area contributed by atoms with Gasteiger partial charge in [-0.1, -0.05) is 23.5 Å². The van der Waals surface area contributed by atoms with Gasteiger partial charge in [0.1, 0.15) is 11.4 Å². The largest absolute Gasteiger partial charge is 0.450 e. The number of nitrogens with one attached hydrogen (secondary N) is 3. The highest BCUT2D eigenvalue weighted by molar-refractivity contribution is 7.22. The number of pyridine rings is 1. The molecule has 0 saturated heterocycles. The zero-order chi connectivity index (χ0) is 22.4. The summed E-state index contributed by atoms with van der Waals surface area (Å²) in [5.74, 6) is -0.708. The lowest BCUT2D eigenvalue weighted by Gasteiger charge is -2.09. The van der Waals surface area contributed by atoms with Crippen LogP contribution in [-0.2, 0) is 11.3 Å². The van der Waals surface area contributed by atoms with Crippen LogP contribution >= 0.6 is 11.3 Å². The average Bonchev–Trinajstić information content (AvgIpc) is 3.13. The molecule has 0 spiro atoms. The normalized spacial score (nSPS) is 10.7. The number of benzene rings is 1. The number of aromatic nitrogens is 2. The lowest BCUT2D eigenvalue weighted by Crippen LogP contribution is -2.31. The molecule has 0 radical (unpaired) electrons. The van der Waals surface area contributed by atoms with Gasteiger partial charge in [-0.15, -0.1) is 0 Å². The molecule has 0 aliphatic rings.